The fourth-order valence-corrected chi connectivity index (χ4v) is 1.51. The van der Waals surface area contributed by atoms with Crippen LogP contribution in [0.25, 0.3) is 6.08 Å². The normalized spacial score (nSPS) is 9.96. The van der Waals surface area contributed by atoms with Gasteiger partial charge in [-0.25, -0.2) is 4.79 Å². The summed E-state index contributed by atoms with van der Waals surface area (Å²) in [6.07, 6.45) is 2.70. The highest BCUT2D eigenvalue weighted by atomic mass is 16.5. The van der Waals surface area contributed by atoms with E-state index in [9.17, 15) is 14.4 Å². The maximum Gasteiger partial charge on any atom is 0.331 e. The molecule has 0 aliphatic heterocycles. The molecule has 0 radical (unpaired) electrons. The number of likely N-dealkylation sites (N-methyl/N-ethyl adjacent to an activating group) is 2. The number of rotatable bonds is 6. The Kier molecular flexibility index (Phi) is 7.01. The average Bonchev–Trinajstić information content (AvgIpc) is 2.57. The predicted octanol–water partition coefficient (Wildman–Crippen LogP) is 0.319. The highest BCUT2D eigenvalue weighted by Gasteiger charge is 2.13. The van der Waals surface area contributed by atoms with Crippen LogP contribution < -0.4 is 5.32 Å². The van der Waals surface area contributed by atoms with Crippen LogP contribution in [0, 0.1) is 11.3 Å². The molecule has 1 rings (SSSR count). The van der Waals surface area contributed by atoms with E-state index in [2.05, 4.69) is 5.32 Å². The van der Waals surface area contributed by atoms with Crippen LogP contribution >= 0.6 is 0 Å². The molecule has 120 valence electrons. The molecule has 7 nitrogen and oxygen atoms in total. The number of nitrogens with one attached hydrogen (secondary N) is 1. The summed E-state index contributed by atoms with van der Waals surface area (Å²) >= 11 is 0. The molecule has 1 aromatic carbocycles. The quantitative estimate of drug-likeness (QED) is 0.602. The minimum Gasteiger partial charge on any atom is -0.452 e. The van der Waals surface area contributed by atoms with Gasteiger partial charge in [0, 0.05) is 20.2 Å². The van der Waals surface area contributed by atoms with Gasteiger partial charge in [0.05, 0.1) is 18.2 Å². The van der Waals surface area contributed by atoms with Gasteiger partial charge in [0.2, 0.25) is 5.91 Å². The minimum absolute atomic E-state index is 0.103. The van der Waals surface area contributed by atoms with E-state index in [0.29, 0.717) is 5.56 Å². The molecular weight excluding hydrogens is 298 g/mol. The number of esters is 1. The molecule has 0 aliphatic carbocycles. The molecule has 0 unspecified atom stereocenters. The van der Waals surface area contributed by atoms with E-state index in [0.717, 1.165) is 10.5 Å². The zero-order chi connectivity index (χ0) is 17.2. The van der Waals surface area contributed by atoms with Gasteiger partial charge >= 0.3 is 5.97 Å². The molecule has 0 saturated carbocycles. The standard InChI is InChI=1S/C16H17N3O4/c1-18-14(20)10-19(2)15(21)11-23-16(22)8-7-12-3-5-13(9-17)6-4-12/h3-8H,10-11H2,1-2H3,(H,18,20)/b8-7+. The van der Waals surface area contributed by atoms with Crippen molar-refractivity contribution in [2.45, 2.75) is 0 Å². The van der Waals surface area contributed by atoms with Gasteiger partial charge < -0.3 is 15.0 Å². The molecule has 1 N–H and O–H groups in total. The lowest BCUT2D eigenvalue weighted by Gasteiger charge is -2.15. The van der Waals surface area contributed by atoms with Crippen molar-refractivity contribution in [3.63, 3.8) is 0 Å². The van der Waals surface area contributed by atoms with Crippen LogP contribution in [0.15, 0.2) is 30.3 Å². The van der Waals surface area contributed by atoms with Crippen molar-refractivity contribution >= 4 is 23.9 Å². The number of nitrogens with zero attached hydrogens (tertiary/aromatic N) is 2. The fraction of sp³-hybridized carbons (Fsp3) is 0.250. The van der Waals surface area contributed by atoms with E-state index in [4.69, 9.17) is 10.00 Å². The average molecular weight is 315 g/mol. The third-order valence-electron chi connectivity index (χ3n) is 2.87. The molecule has 7 heteroatoms. The zero-order valence-electron chi connectivity index (χ0n) is 12.9. The van der Waals surface area contributed by atoms with Crippen molar-refractivity contribution in [2.75, 3.05) is 27.2 Å². The molecule has 1 aromatic rings. The fourth-order valence-electron chi connectivity index (χ4n) is 1.51. The summed E-state index contributed by atoms with van der Waals surface area (Å²) in [5.41, 5.74) is 1.25. The third kappa shape index (κ3) is 6.44. The van der Waals surface area contributed by atoms with E-state index in [1.165, 1.54) is 26.2 Å². The smallest absolute Gasteiger partial charge is 0.331 e. The monoisotopic (exact) mass is 315 g/mol. The second-order valence-corrected chi connectivity index (χ2v) is 4.60. The van der Waals surface area contributed by atoms with Crippen LogP contribution in [-0.4, -0.2) is 49.9 Å². The van der Waals surface area contributed by atoms with Crippen molar-refractivity contribution in [3.05, 3.63) is 41.5 Å². The molecular formula is C16H17N3O4. The SMILES string of the molecule is CNC(=O)CN(C)C(=O)COC(=O)/C=C/c1ccc(C#N)cc1. The molecule has 0 bridgehead atoms. The molecule has 0 atom stereocenters. The maximum absolute atomic E-state index is 11.7. The van der Waals surface area contributed by atoms with Crippen molar-refractivity contribution in [2.24, 2.45) is 0 Å². The Bertz CT molecular complexity index is 644. The Morgan fingerprint density at radius 3 is 2.52 bits per heavy atom. The summed E-state index contributed by atoms with van der Waals surface area (Å²) in [5, 5.41) is 11.1. The van der Waals surface area contributed by atoms with Crippen molar-refractivity contribution in [1.82, 2.24) is 10.2 Å². The third-order valence-corrected chi connectivity index (χ3v) is 2.87. The molecule has 0 aromatic heterocycles. The van der Waals surface area contributed by atoms with Gasteiger partial charge in [0.15, 0.2) is 6.61 Å². The number of nitriles is 1. The minimum atomic E-state index is -0.670. The molecule has 0 saturated heterocycles. The Morgan fingerprint density at radius 2 is 1.96 bits per heavy atom. The van der Waals surface area contributed by atoms with Crippen LogP contribution in [0.1, 0.15) is 11.1 Å². The van der Waals surface area contributed by atoms with Crippen LogP contribution in [0.4, 0.5) is 0 Å². The van der Waals surface area contributed by atoms with Gasteiger partial charge in [-0.1, -0.05) is 12.1 Å². The summed E-state index contributed by atoms with van der Waals surface area (Å²) < 4.78 is 4.81. The van der Waals surface area contributed by atoms with Gasteiger partial charge in [0.1, 0.15) is 0 Å². The van der Waals surface area contributed by atoms with Gasteiger partial charge in [-0.15, -0.1) is 0 Å². The number of hydrogen-bond donors (Lipinski definition) is 1. The summed E-state index contributed by atoms with van der Waals surface area (Å²) in [4.78, 5) is 35.5. The molecule has 0 fully saturated rings. The highest BCUT2D eigenvalue weighted by Crippen LogP contribution is 2.05. The number of amides is 2. The highest BCUT2D eigenvalue weighted by molar-refractivity contribution is 5.90. The number of carbonyl (C=O) groups excluding carboxylic acids is 3. The topological polar surface area (TPSA) is 99.5 Å². The molecule has 2 amide bonds. The molecule has 23 heavy (non-hydrogen) atoms. The summed E-state index contributed by atoms with van der Waals surface area (Å²) in [5.74, 6) is -1.46. The lowest BCUT2D eigenvalue weighted by atomic mass is 10.1. The van der Waals surface area contributed by atoms with Crippen LogP contribution in [0.5, 0.6) is 0 Å². The zero-order valence-corrected chi connectivity index (χ0v) is 12.9. The number of hydrogen-bond acceptors (Lipinski definition) is 5. The predicted molar refractivity (Wildman–Crippen MR) is 82.9 cm³/mol. The van der Waals surface area contributed by atoms with Gasteiger partial charge in [-0.2, -0.15) is 5.26 Å². The molecule has 0 spiro atoms. The van der Waals surface area contributed by atoms with Gasteiger partial charge in [-0.05, 0) is 23.8 Å². The van der Waals surface area contributed by atoms with E-state index < -0.39 is 18.5 Å². The first kappa shape index (κ1) is 17.9. The van der Waals surface area contributed by atoms with E-state index in [1.807, 2.05) is 6.07 Å². The van der Waals surface area contributed by atoms with Crippen LogP contribution in [0.2, 0.25) is 0 Å². The second kappa shape index (κ2) is 9.00. The van der Waals surface area contributed by atoms with Gasteiger partial charge in [-0.3, -0.25) is 9.59 Å². The van der Waals surface area contributed by atoms with Gasteiger partial charge in [0.25, 0.3) is 5.91 Å². The number of carbonyl (C=O) groups is 3. The summed E-state index contributed by atoms with van der Waals surface area (Å²) in [6, 6.07) is 8.62. The molecule has 0 aliphatic rings. The number of benzene rings is 1. The van der Waals surface area contributed by atoms with Crippen molar-refractivity contribution in [3.8, 4) is 6.07 Å². The summed E-state index contributed by atoms with van der Waals surface area (Å²) in [6.45, 7) is -0.544. The Hall–Kier alpha value is -3.14. The largest absolute Gasteiger partial charge is 0.452 e. The lowest BCUT2D eigenvalue weighted by molar-refractivity contribution is -0.148. The Morgan fingerprint density at radius 1 is 1.30 bits per heavy atom. The van der Waals surface area contributed by atoms with Crippen molar-refractivity contribution < 1.29 is 19.1 Å². The summed E-state index contributed by atoms with van der Waals surface area (Å²) in [7, 11) is 2.91. The molecule has 0 heterocycles. The first-order valence-electron chi connectivity index (χ1n) is 6.75. The maximum atomic E-state index is 11.7. The van der Waals surface area contributed by atoms with Crippen LogP contribution in [-0.2, 0) is 19.1 Å². The Balaban J connectivity index is 2.44. The first-order valence-corrected chi connectivity index (χ1v) is 6.75. The first-order chi connectivity index (χ1) is 11.0. The van der Waals surface area contributed by atoms with E-state index >= 15 is 0 Å². The Labute approximate surface area is 134 Å². The lowest BCUT2D eigenvalue weighted by Crippen LogP contribution is -2.38. The second-order valence-electron chi connectivity index (χ2n) is 4.60. The van der Waals surface area contributed by atoms with E-state index in [1.54, 1.807) is 24.3 Å². The van der Waals surface area contributed by atoms with Crippen LogP contribution in [0.3, 0.4) is 0 Å². The van der Waals surface area contributed by atoms with E-state index in [-0.39, 0.29) is 12.5 Å². The van der Waals surface area contributed by atoms with Crippen molar-refractivity contribution in [1.29, 1.82) is 5.26 Å². The number of ether oxygens (including phenoxy) is 1.